The average Bonchev–Trinajstić information content (AvgIpc) is 3.22. The number of likely N-dealkylation sites (tertiary alicyclic amines) is 1. The second kappa shape index (κ2) is 9.91. The van der Waals surface area contributed by atoms with Crippen LogP contribution >= 0.6 is 12.4 Å². The summed E-state index contributed by atoms with van der Waals surface area (Å²) in [4.78, 5) is 19.6. The smallest absolute Gasteiger partial charge is 0.309 e. The molecule has 6 rings (SSSR count). The fourth-order valence-electron chi connectivity index (χ4n) is 8.77. The van der Waals surface area contributed by atoms with E-state index in [-0.39, 0.29) is 41.2 Å². The number of hydrogen-bond acceptors (Lipinski definition) is 4. The van der Waals surface area contributed by atoms with Crippen molar-refractivity contribution in [2.75, 3.05) is 20.1 Å². The zero-order chi connectivity index (χ0) is 24.2. The average molecular weight is 511 g/mol. The third-order valence-electron chi connectivity index (χ3n) is 10.9. The minimum atomic E-state index is 0. The fourth-order valence-corrected chi connectivity index (χ4v) is 8.77. The maximum atomic E-state index is 12.9. The van der Waals surface area contributed by atoms with Crippen LogP contribution in [0.3, 0.4) is 0 Å². The maximum absolute atomic E-state index is 12.9. The third kappa shape index (κ3) is 4.26. The highest BCUT2D eigenvalue weighted by Crippen LogP contribution is 2.66. The Balaban J connectivity index is 0.00000267. The van der Waals surface area contributed by atoms with E-state index in [1.54, 1.807) is 11.1 Å². The lowest BCUT2D eigenvalue weighted by Crippen LogP contribution is -2.50. The summed E-state index contributed by atoms with van der Waals surface area (Å²) in [6.45, 7) is 7.08. The van der Waals surface area contributed by atoms with Crippen molar-refractivity contribution in [1.82, 2.24) is 9.88 Å². The Labute approximate surface area is 223 Å². The number of nitrogens with zero attached hydrogens (tertiary/aromatic N) is 2. The largest absolute Gasteiger partial charge is 0.462 e. The van der Waals surface area contributed by atoms with Crippen molar-refractivity contribution in [1.29, 1.82) is 0 Å². The Morgan fingerprint density at radius 3 is 2.56 bits per heavy atom. The molecule has 3 fully saturated rings. The lowest BCUT2D eigenvalue weighted by Gasteiger charge is -2.58. The molecule has 196 valence electrons. The Bertz CT molecular complexity index is 1030. The van der Waals surface area contributed by atoms with Gasteiger partial charge in [-0.25, -0.2) is 0 Å². The molecule has 0 amide bonds. The van der Waals surface area contributed by atoms with E-state index >= 15 is 0 Å². The molecule has 0 radical (unpaired) electrons. The zero-order valence-electron chi connectivity index (χ0n) is 22.2. The molecule has 0 N–H and O–H groups in total. The number of piperidine rings is 1. The molecule has 2 heterocycles. The predicted molar refractivity (Wildman–Crippen MR) is 147 cm³/mol. The van der Waals surface area contributed by atoms with Crippen LogP contribution in [0.2, 0.25) is 0 Å². The topological polar surface area (TPSA) is 42.4 Å². The number of esters is 1. The van der Waals surface area contributed by atoms with Gasteiger partial charge in [-0.2, -0.15) is 0 Å². The van der Waals surface area contributed by atoms with Crippen molar-refractivity contribution >= 4 is 23.9 Å². The second-order valence-corrected chi connectivity index (χ2v) is 12.7. The molecule has 5 heteroatoms. The van der Waals surface area contributed by atoms with E-state index in [0.717, 1.165) is 62.9 Å². The van der Waals surface area contributed by atoms with E-state index in [0.29, 0.717) is 0 Å². The summed E-state index contributed by atoms with van der Waals surface area (Å²) >= 11 is 0. The molecule has 1 aromatic heterocycles. The van der Waals surface area contributed by atoms with Gasteiger partial charge in [-0.1, -0.05) is 37.6 Å². The molecular weight excluding hydrogens is 468 g/mol. The van der Waals surface area contributed by atoms with E-state index in [2.05, 4.69) is 61.3 Å². The minimum Gasteiger partial charge on any atom is -0.462 e. The number of rotatable bonds is 3. The number of hydrogen-bond donors (Lipinski definition) is 0. The summed E-state index contributed by atoms with van der Waals surface area (Å²) in [5, 5.41) is 0. The van der Waals surface area contributed by atoms with E-state index in [1.165, 1.54) is 31.2 Å². The first-order valence-electron chi connectivity index (χ1n) is 14.1. The highest BCUT2D eigenvalue weighted by atomic mass is 35.5. The van der Waals surface area contributed by atoms with Crippen molar-refractivity contribution in [3.05, 3.63) is 47.8 Å². The number of aromatic nitrogens is 1. The van der Waals surface area contributed by atoms with Gasteiger partial charge in [0.25, 0.3) is 0 Å². The Morgan fingerprint density at radius 1 is 1.03 bits per heavy atom. The number of ether oxygens (including phenoxy) is 1. The number of carbonyl (C=O) groups excluding carboxylic acids is 1. The van der Waals surface area contributed by atoms with Crippen LogP contribution in [0.1, 0.15) is 77.2 Å². The number of carbonyl (C=O) groups is 1. The molecule has 0 bridgehead atoms. The van der Waals surface area contributed by atoms with E-state index in [4.69, 9.17) is 4.74 Å². The van der Waals surface area contributed by atoms with Crippen LogP contribution in [0, 0.1) is 34.5 Å². The predicted octanol–water partition coefficient (Wildman–Crippen LogP) is 6.71. The standard InChI is InChI=1S/C31H42N2O2.ClH/c1-30-14-10-24(35-29(34)21-12-17-33(3)18-13-21)19-23(30)6-7-25-27-9-8-26(22-5-4-16-32-20-22)31(27,2)15-11-28(25)30;/h4-6,8,16,20-21,24-25,27-28H,7,9-15,17-19H2,1-3H3;1H/t24-,25-,27-,28-,30-,31+;/m0./s1. The first-order chi connectivity index (χ1) is 16.9. The quantitative estimate of drug-likeness (QED) is 0.334. The molecule has 6 atom stereocenters. The van der Waals surface area contributed by atoms with Crippen molar-refractivity contribution < 1.29 is 9.53 Å². The molecule has 36 heavy (non-hydrogen) atoms. The van der Waals surface area contributed by atoms with E-state index < -0.39 is 0 Å². The SMILES string of the molecule is CN1CCC(C(=O)O[C@H]2CC[C@@]3(C)C(=CC[C@@H]4[C@@H]3CC[C@]3(C)C(c5cccnc5)=CC[C@@H]43)C2)CC1.Cl. The van der Waals surface area contributed by atoms with Gasteiger partial charge in [0.15, 0.2) is 0 Å². The first kappa shape index (κ1) is 26.0. The van der Waals surface area contributed by atoms with Gasteiger partial charge in [-0.05, 0) is 117 Å². The number of fused-ring (bicyclic) bond motifs is 5. The van der Waals surface area contributed by atoms with Gasteiger partial charge in [0, 0.05) is 18.8 Å². The first-order valence-corrected chi connectivity index (χ1v) is 14.1. The molecule has 1 aliphatic heterocycles. The van der Waals surface area contributed by atoms with Crippen LogP contribution in [-0.2, 0) is 9.53 Å². The van der Waals surface area contributed by atoms with Gasteiger partial charge >= 0.3 is 5.97 Å². The number of pyridine rings is 1. The highest BCUT2D eigenvalue weighted by Gasteiger charge is 2.57. The molecule has 0 spiro atoms. The Kier molecular flexibility index (Phi) is 7.15. The number of allylic oxidation sites excluding steroid dienone is 3. The van der Waals surface area contributed by atoms with Crippen LogP contribution in [0.25, 0.3) is 5.57 Å². The molecule has 4 aliphatic carbocycles. The van der Waals surface area contributed by atoms with Crippen LogP contribution in [0.4, 0.5) is 0 Å². The van der Waals surface area contributed by atoms with Crippen LogP contribution in [-0.4, -0.2) is 42.1 Å². The van der Waals surface area contributed by atoms with Gasteiger partial charge in [0.05, 0.1) is 5.92 Å². The fraction of sp³-hybridized carbons (Fsp3) is 0.677. The highest BCUT2D eigenvalue weighted by molar-refractivity contribution is 5.85. The van der Waals surface area contributed by atoms with Crippen molar-refractivity contribution in [3.63, 3.8) is 0 Å². The van der Waals surface area contributed by atoms with E-state index in [9.17, 15) is 4.79 Å². The van der Waals surface area contributed by atoms with Crippen LogP contribution in [0.5, 0.6) is 0 Å². The van der Waals surface area contributed by atoms with Crippen molar-refractivity contribution in [3.8, 4) is 0 Å². The molecule has 1 aromatic rings. The molecule has 2 saturated carbocycles. The van der Waals surface area contributed by atoms with Gasteiger partial charge in [-0.3, -0.25) is 9.78 Å². The Hall–Kier alpha value is -1.65. The van der Waals surface area contributed by atoms with Gasteiger partial charge in [-0.15, -0.1) is 12.4 Å². The molecule has 0 aromatic carbocycles. The van der Waals surface area contributed by atoms with Gasteiger partial charge in [0.2, 0.25) is 0 Å². The maximum Gasteiger partial charge on any atom is 0.309 e. The minimum absolute atomic E-state index is 0. The molecular formula is C31H43ClN2O2. The number of halogens is 1. The third-order valence-corrected chi connectivity index (χ3v) is 10.9. The molecule has 0 unspecified atom stereocenters. The molecule has 1 saturated heterocycles. The summed E-state index contributed by atoms with van der Waals surface area (Å²) in [7, 11) is 2.14. The summed E-state index contributed by atoms with van der Waals surface area (Å²) < 4.78 is 6.13. The van der Waals surface area contributed by atoms with Gasteiger partial charge < -0.3 is 9.64 Å². The zero-order valence-corrected chi connectivity index (χ0v) is 23.1. The lowest BCUT2D eigenvalue weighted by atomic mass is 9.47. The van der Waals surface area contributed by atoms with Crippen molar-refractivity contribution in [2.45, 2.75) is 77.7 Å². The summed E-state index contributed by atoms with van der Waals surface area (Å²) in [6.07, 6.45) is 19.1. The van der Waals surface area contributed by atoms with Crippen LogP contribution < -0.4 is 0 Å². The monoisotopic (exact) mass is 510 g/mol. The molecule has 5 aliphatic rings. The lowest BCUT2D eigenvalue weighted by molar-refractivity contribution is -0.157. The second-order valence-electron chi connectivity index (χ2n) is 12.7. The van der Waals surface area contributed by atoms with E-state index in [1.807, 2.05) is 6.20 Å². The van der Waals surface area contributed by atoms with Gasteiger partial charge in [0.1, 0.15) is 6.10 Å². The van der Waals surface area contributed by atoms with Crippen molar-refractivity contribution in [2.24, 2.45) is 34.5 Å². The normalized spacial score (nSPS) is 38.5. The summed E-state index contributed by atoms with van der Waals surface area (Å²) in [5.41, 5.74) is 5.00. The Morgan fingerprint density at radius 2 is 1.81 bits per heavy atom. The summed E-state index contributed by atoms with van der Waals surface area (Å²) in [5.74, 6) is 2.41. The molecule has 4 nitrogen and oxygen atoms in total. The van der Waals surface area contributed by atoms with Crippen LogP contribution in [0.15, 0.2) is 42.3 Å². The summed E-state index contributed by atoms with van der Waals surface area (Å²) in [6, 6.07) is 4.32.